The van der Waals surface area contributed by atoms with E-state index in [1.165, 1.54) is 0 Å². The van der Waals surface area contributed by atoms with Crippen molar-refractivity contribution in [1.82, 2.24) is 9.55 Å². The van der Waals surface area contributed by atoms with Gasteiger partial charge < -0.3 is 4.42 Å². The van der Waals surface area contributed by atoms with Crippen LogP contribution in [0.2, 0.25) is 0 Å². The van der Waals surface area contributed by atoms with E-state index in [-0.39, 0.29) is 11.4 Å². The number of alkyl halides is 1. The summed E-state index contributed by atoms with van der Waals surface area (Å²) in [5.41, 5.74) is 0.566. The molecule has 0 radical (unpaired) electrons. The molecule has 0 bridgehead atoms. The average Bonchev–Trinajstić information content (AvgIpc) is 2.95. The van der Waals surface area contributed by atoms with Crippen LogP contribution in [0.1, 0.15) is 11.6 Å². The van der Waals surface area contributed by atoms with Crippen LogP contribution in [-0.4, -0.2) is 9.55 Å². The van der Waals surface area contributed by atoms with Crippen molar-refractivity contribution in [1.29, 1.82) is 0 Å². The van der Waals surface area contributed by atoms with E-state index >= 15 is 0 Å². The molecule has 0 aliphatic heterocycles. The van der Waals surface area contributed by atoms with Crippen LogP contribution in [0.15, 0.2) is 51.9 Å². The monoisotopic (exact) mass is 274 g/mol. The molecule has 0 aliphatic carbocycles. The molecule has 0 aliphatic rings. The molecule has 0 N–H and O–H groups in total. The zero-order valence-corrected chi connectivity index (χ0v) is 10.8. The van der Waals surface area contributed by atoms with Gasteiger partial charge in [-0.05, 0) is 24.3 Å². The summed E-state index contributed by atoms with van der Waals surface area (Å²) in [6, 6.07) is 10.9. The first-order chi connectivity index (χ1) is 9.29. The second-order valence-electron chi connectivity index (χ2n) is 4.15. The largest absolute Gasteiger partial charge is 0.467 e. The van der Waals surface area contributed by atoms with Crippen LogP contribution in [-0.2, 0) is 12.4 Å². The molecule has 19 heavy (non-hydrogen) atoms. The Labute approximate surface area is 114 Å². The topological polar surface area (TPSA) is 48.0 Å². The molecule has 0 atom stereocenters. The zero-order chi connectivity index (χ0) is 13.2. The Kier molecular flexibility index (Phi) is 3.09. The van der Waals surface area contributed by atoms with Crippen LogP contribution in [0.25, 0.3) is 10.9 Å². The summed E-state index contributed by atoms with van der Waals surface area (Å²) in [4.78, 5) is 16.9. The molecule has 4 nitrogen and oxygen atoms in total. The first-order valence-electron chi connectivity index (χ1n) is 5.86. The van der Waals surface area contributed by atoms with Crippen molar-refractivity contribution in [3.8, 4) is 0 Å². The molecule has 0 spiro atoms. The quantitative estimate of drug-likeness (QED) is 0.690. The number of furan rings is 1. The highest BCUT2D eigenvalue weighted by molar-refractivity contribution is 6.16. The summed E-state index contributed by atoms with van der Waals surface area (Å²) in [6.45, 7) is 0.339. The first-order valence-corrected chi connectivity index (χ1v) is 6.40. The minimum atomic E-state index is -0.0994. The summed E-state index contributed by atoms with van der Waals surface area (Å²) in [6.07, 6.45) is 1.58. The summed E-state index contributed by atoms with van der Waals surface area (Å²) in [5, 5.41) is 0.586. The fourth-order valence-corrected chi connectivity index (χ4v) is 2.24. The Bertz CT molecular complexity index is 763. The zero-order valence-electron chi connectivity index (χ0n) is 10.0. The van der Waals surface area contributed by atoms with E-state index in [4.69, 9.17) is 16.0 Å². The SMILES string of the molecule is O=c1c2ccccc2nc(CCl)n1Cc1ccco1. The van der Waals surface area contributed by atoms with Gasteiger partial charge in [-0.15, -0.1) is 11.6 Å². The lowest BCUT2D eigenvalue weighted by Gasteiger charge is -2.10. The van der Waals surface area contributed by atoms with Gasteiger partial charge in [-0.3, -0.25) is 9.36 Å². The van der Waals surface area contributed by atoms with E-state index in [2.05, 4.69) is 4.98 Å². The lowest BCUT2D eigenvalue weighted by atomic mass is 10.2. The summed E-state index contributed by atoms with van der Waals surface area (Å²) in [7, 11) is 0. The van der Waals surface area contributed by atoms with Gasteiger partial charge in [0.1, 0.15) is 11.6 Å². The van der Waals surface area contributed by atoms with Gasteiger partial charge >= 0.3 is 0 Å². The third kappa shape index (κ3) is 2.15. The molecule has 0 fully saturated rings. The Hall–Kier alpha value is -2.07. The number of hydrogen-bond acceptors (Lipinski definition) is 3. The van der Waals surface area contributed by atoms with E-state index in [0.717, 1.165) is 0 Å². The van der Waals surface area contributed by atoms with Crippen molar-refractivity contribution >= 4 is 22.5 Å². The van der Waals surface area contributed by atoms with Crippen molar-refractivity contribution in [2.24, 2.45) is 0 Å². The Balaban J connectivity index is 2.21. The molecule has 2 heterocycles. The molecular formula is C14H11ClN2O2. The third-order valence-corrected chi connectivity index (χ3v) is 3.19. The molecule has 1 aromatic carbocycles. The van der Waals surface area contributed by atoms with E-state index in [1.807, 2.05) is 24.3 Å². The van der Waals surface area contributed by atoms with Crippen LogP contribution in [0, 0.1) is 0 Å². The number of rotatable bonds is 3. The van der Waals surface area contributed by atoms with Crippen molar-refractivity contribution < 1.29 is 4.42 Å². The molecule has 0 saturated carbocycles. The lowest BCUT2D eigenvalue weighted by molar-refractivity contribution is 0.485. The summed E-state index contributed by atoms with van der Waals surface area (Å²) in [5.74, 6) is 1.42. The summed E-state index contributed by atoms with van der Waals surface area (Å²) < 4.78 is 6.82. The third-order valence-electron chi connectivity index (χ3n) is 2.95. The van der Waals surface area contributed by atoms with Gasteiger partial charge in [0.05, 0.1) is 29.6 Å². The fraction of sp³-hybridized carbons (Fsp3) is 0.143. The smallest absolute Gasteiger partial charge is 0.261 e. The minimum Gasteiger partial charge on any atom is -0.467 e. The minimum absolute atomic E-state index is 0.0994. The van der Waals surface area contributed by atoms with Crippen molar-refractivity contribution in [2.45, 2.75) is 12.4 Å². The fourth-order valence-electron chi connectivity index (χ4n) is 2.04. The molecule has 0 unspecified atom stereocenters. The Morgan fingerprint density at radius 3 is 2.79 bits per heavy atom. The molecule has 0 saturated heterocycles. The maximum absolute atomic E-state index is 12.5. The van der Waals surface area contributed by atoms with Gasteiger partial charge in [0.15, 0.2) is 0 Å². The maximum Gasteiger partial charge on any atom is 0.261 e. The van der Waals surface area contributed by atoms with Crippen LogP contribution in [0.3, 0.4) is 0 Å². The Morgan fingerprint density at radius 2 is 2.05 bits per heavy atom. The molecule has 96 valence electrons. The second kappa shape index (κ2) is 4.90. The van der Waals surface area contributed by atoms with E-state index in [9.17, 15) is 4.79 Å². The predicted octanol–water partition coefficient (Wildman–Crippen LogP) is 2.78. The van der Waals surface area contributed by atoms with Gasteiger partial charge in [0, 0.05) is 0 Å². The van der Waals surface area contributed by atoms with Crippen LogP contribution in [0.4, 0.5) is 0 Å². The number of benzene rings is 1. The second-order valence-corrected chi connectivity index (χ2v) is 4.42. The number of hydrogen-bond donors (Lipinski definition) is 0. The number of fused-ring (bicyclic) bond motifs is 1. The van der Waals surface area contributed by atoms with Crippen molar-refractivity contribution in [3.63, 3.8) is 0 Å². The molecular weight excluding hydrogens is 264 g/mol. The van der Waals surface area contributed by atoms with Gasteiger partial charge in [0.25, 0.3) is 5.56 Å². The molecule has 5 heteroatoms. The molecule has 3 aromatic rings. The average molecular weight is 275 g/mol. The highest BCUT2D eigenvalue weighted by atomic mass is 35.5. The number of aromatic nitrogens is 2. The van der Waals surface area contributed by atoms with Crippen LogP contribution < -0.4 is 5.56 Å². The van der Waals surface area contributed by atoms with Gasteiger partial charge in [-0.2, -0.15) is 0 Å². The van der Waals surface area contributed by atoms with Crippen LogP contribution >= 0.6 is 11.6 Å². The van der Waals surface area contributed by atoms with Crippen molar-refractivity contribution in [2.75, 3.05) is 0 Å². The maximum atomic E-state index is 12.5. The van der Waals surface area contributed by atoms with E-state index < -0.39 is 0 Å². The predicted molar refractivity (Wildman–Crippen MR) is 73.4 cm³/mol. The van der Waals surface area contributed by atoms with Gasteiger partial charge in [-0.25, -0.2) is 4.98 Å². The normalized spacial score (nSPS) is 11.0. The summed E-state index contributed by atoms with van der Waals surface area (Å²) >= 11 is 5.89. The van der Waals surface area contributed by atoms with E-state index in [0.29, 0.717) is 29.0 Å². The number of para-hydroxylation sites is 1. The standard InChI is InChI=1S/C14H11ClN2O2/c15-8-13-16-12-6-2-1-5-11(12)14(18)17(13)9-10-4-3-7-19-10/h1-7H,8-9H2. The number of nitrogens with zero attached hydrogens (tertiary/aromatic N) is 2. The van der Waals surface area contributed by atoms with Gasteiger partial charge in [0.2, 0.25) is 0 Å². The highest BCUT2D eigenvalue weighted by Crippen LogP contribution is 2.11. The van der Waals surface area contributed by atoms with E-state index in [1.54, 1.807) is 23.0 Å². The van der Waals surface area contributed by atoms with Crippen LogP contribution in [0.5, 0.6) is 0 Å². The highest BCUT2D eigenvalue weighted by Gasteiger charge is 2.11. The molecule has 0 amide bonds. The molecule has 2 aromatic heterocycles. The molecule has 3 rings (SSSR count). The first kappa shape index (κ1) is 12.0. The lowest BCUT2D eigenvalue weighted by Crippen LogP contribution is -2.25. The Morgan fingerprint density at radius 1 is 1.21 bits per heavy atom. The van der Waals surface area contributed by atoms with Gasteiger partial charge in [-0.1, -0.05) is 12.1 Å². The number of halogens is 1. The van der Waals surface area contributed by atoms with Crippen molar-refractivity contribution in [3.05, 3.63) is 64.6 Å².